The van der Waals surface area contributed by atoms with Crippen molar-refractivity contribution < 1.29 is 14.0 Å². The molecule has 1 aromatic carbocycles. The molecule has 30 heavy (non-hydrogen) atoms. The highest BCUT2D eigenvalue weighted by Crippen LogP contribution is 2.28. The van der Waals surface area contributed by atoms with Gasteiger partial charge in [0.25, 0.3) is 0 Å². The third-order valence-corrected chi connectivity index (χ3v) is 5.55. The molecule has 0 saturated heterocycles. The minimum Gasteiger partial charge on any atom is -0.456 e. The second-order valence-corrected chi connectivity index (χ2v) is 7.57. The van der Waals surface area contributed by atoms with Crippen LogP contribution in [0.15, 0.2) is 59.2 Å². The van der Waals surface area contributed by atoms with E-state index in [-0.39, 0.29) is 11.8 Å². The Labute approximate surface area is 173 Å². The molecule has 6 heteroatoms. The maximum Gasteiger partial charge on any atom is 0.246 e. The SMILES string of the molecule is O=C1CCc2cc(/C=C/C(=O)N3CC=C(c4cc5ccccc5o4)CC3)cnc2N1. The molecule has 0 aliphatic carbocycles. The minimum absolute atomic E-state index is 0.00589. The first kappa shape index (κ1) is 18.4. The Balaban J connectivity index is 1.25. The molecule has 0 unspecified atom stereocenters. The number of benzene rings is 1. The van der Waals surface area contributed by atoms with E-state index in [1.165, 1.54) is 0 Å². The number of rotatable bonds is 3. The lowest BCUT2D eigenvalue weighted by atomic mass is 10.0. The van der Waals surface area contributed by atoms with Gasteiger partial charge in [0, 0.05) is 37.2 Å². The summed E-state index contributed by atoms with van der Waals surface area (Å²) in [5.41, 5.74) is 3.88. The summed E-state index contributed by atoms with van der Waals surface area (Å²) >= 11 is 0. The van der Waals surface area contributed by atoms with Gasteiger partial charge in [-0.3, -0.25) is 9.59 Å². The molecule has 3 aromatic rings. The van der Waals surface area contributed by atoms with Crippen molar-refractivity contribution >= 4 is 40.3 Å². The monoisotopic (exact) mass is 399 g/mol. The lowest BCUT2D eigenvalue weighted by Gasteiger charge is -2.24. The number of anilines is 1. The highest BCUT2D eigenvalue weighted by Gasteiger charge is 2.19. The van der Waals surface area contributed by atoms with Gasteiger partial charge in [-0.1, -0.05) is 24.3 Å². The van der Waals surface area contributed by atoms with E-state index in [1.807, 2.05) is 35.2 Å². The summed E-state index contributed by atoms with van der Waals surface area (Å²) in [4.78, 5) is 30.1. The lowest BCUT2D eigenvalue weighted by molar-refractivity contribution is -0.125. The van der Waals surface area contributed by atoms with Crippen LogP contribution in [-0.2, 0) is 16.0 Å². The van der Waals surface area contributed by atoms with E-state index in [4.69, 9.17) is 4.42 Å². The molecule has 2 amide bonds. The van der Waals surface area contributed by atoms with Gasteiger partial charge in [-0.15, -0.1) is 0 Å². The number of aromatic nitrogens is 1. The van der Waals surface area contributed by atoms with Crippen LogP contribution in [0.1, 0.15) is 29.7 Å². The maximum atomic E-state index is 12.6. The van der Waals surface area contributed by atoms with Gasteiger partial charge in [0.05, 0.1) is 0 Å². The van der Waals surface area contributed by atoms with Crippen LogP contribution in [0.5, 0.6) is 0 Å². The summed E-state index contributed by atoms with van der Waals surface area (Å²) in [7, 11) is 0. The quantitative estimate of drug-likeness (QED) is 0.675. The smallest absolute Gasteiger partial charge is 0.246 e. The van der Waals surface area contributed by atoms with E-state index in [9.17, 15) is 9.59 Å². The minimum atomic E-state index is -0.0269. The van der Waals surface area contributed by atoms with Crippen LogP contribution in [-0.4, -0.2) is 34.8 Å². The standard InChI is InChI=1S/C24H21N3O3/c28-22-7-6-19-13-16(15-25-24(19)26-22)5-8-23(29)27-11-9-17(10-12-27)21-14-18-3-1-2-4-20(18)30-21/h1-5,8-9,13-15H,6-7,10-12H2,(H,25,26,28)/b8-5+. The van der Waals surface area contributed by atoms with E-state index in [0.29, 0.717) is 31.7 Å². The van der Waals surface area contributed by atoms with Crippen molar-refractivity contribution in [3.05, 3.63) is 71.6 Å². The molecule has 0 atom stereocenters. The molecule has 6 nitrogen and oxygen atoms in total. The summed E-state index contributed by atoms with van der Waals surface area (Å²) in [5.74, 6) is 1.47. The number of aryl methyl sites for hydroxylation is 1. The molecule has 2 aliphatic heterocycles. The van der Waals surface area contributed by atoms with Gasteiger partial charge in [0.1, 0.15) is 17.2 Å². The molecule has 0 bridgehead atoms. The van der Waals surface area contributed by atoms with Gasteiger partial charge in [-0.2, -0.15) is 0 Å². The highest BCUT2D eigenvalue weighted by atomic mass is 16.3. The number of carbonyl (C=O) groups is 2. The normalized spacial score (nSPS) is 16.5. The van der Waals surface area contributed by atoms with Crippen LogP contribution < -0.4 is 5.32 Å². The van der Waals surface area contributed by atoms with Gasteiger partial charge < -0.3 is 14.6 Å². The summed E-state index contributed by atoms with van der Waals surface area (Å²) in [6.07, 6.45) is 9.01. The van der Waals surface area contributed by atoms with Gasteiger partial charge in [0.2, 0.25) is 11.8 Å². The molecule has 1 N–H and O–H groups in total. The Morgan fingerprint density at radius 3 is 2.90 bits per heavy atom. The van der Waals surface area contributed by atoms with Crippen molar-refractivity contribution in [2.45, 2.75) is 19.3 Å². The molecule has 5 rings (SSSR count). The Hall–Kier alpha value is -3.67. The molecule has 4 heterocycles. The van der Waals surface area contributed by atoms with Crippen molar-refractivity contribution in [2.24, 2.45) is 0 Å². The second kappa shape index (κ2) is 7.63. The number of carbonyl (C=O) groups excluding carboxylic acids is 2. The van der Waals surface area contributed by atoms with Crippen molar-refractivity contribution in [1.29, 1.82) is 0 Å². The number of nitrogens with one attached hydrogen (secondary N) is 1. The van der Waals surface area contributed by atoms with Crippen LogP contribution in [0.25, 0.3) is 22.6 Å². The largest absolute Gasteiger partial charge is 0.456 e. The van der Waals surface area contributed by atoms with E-state index in [1.54, 1.807) is 18.3 Å². The Morgan fingerprint density at radius 2 is 2.07 bits per heavy atom. The van der Waals surface area contributed by atoms with E-state index in [2.05, 4.69) is 22.4 Å². The van der Waals surface area contributed by atoms with Crippen LogP contribution >= 0.6 is 0 Å². The molecule has 2 aromatic heterocycles. The zero-order valence-electron chi connectivity index (χ0n) is 16.4. The Kier molecular flexibility index (Phi) is 4.67. The predicted octanol–water partition coefficient (Wildman–Crippen LogP) is 4.04. The van der Waals surface area contributed by atoms with Crippen molar-refractivity contribution in [3.63, 3.8) is 0 Å². The van der Waals surface area contributed by atoms with Crippen LogP contribution in [0, 0.1) is 0 Å². The topological polar surface area (TPSA) is 75.4 Å². The number of furan rings is 1. The van der Waals surface area contributed by atoms with Crippen molar-refractivity contribution in [1.82, 2.24) is 9.88 Å². The molecular formula is C24H21N3O3. The number of nitrogens with zero attached hydrogens (tertiary/aromatic N) is 2. The molecule has 150 valence electrons. The molecule has 2 aliphatic rings. The van der Waals surface area contributed by atoms with Crippen LogP contribution in [0.2, 0.25) is 0 Å². The zero-order valence-corrected chi connectivity index (χ0v) is 16.4. The Bertz CT molecular complexity index is 1170. The third kappa shape index (κ3) is 3.64. The fourth-order valence-corrected chi connectivity index (χ4v) is 3.87. The lowest BCUT2D eigenvalue weighted by Crippen LogP contribution is -2.33. The molecular weight excluding hydrogens is 378 g/mol. The fourth-order valence-electron chi connectivity index (χ4n) is 3.87. The molecule has 0 spiro atoms. The summed E-state index contributed by atoms with van der Waals surface area (Å²) in [5, 5.41) is 3.86. The third-order valence-electron chi connectivity index (χ3n) is 5.55. The van der Waals surface area contributed by atoms with Gasteiger partial charge in [-0.05, 0) is 53.8 Å². The maximum absolute atomic E-state index is 12.6. The first-order valence-corrected chi connectivity index (χ1v) is 10.1. The summed E-state index contributed by atoms with van der Waals surface area (Å²) in [6.45, 7) is 1.21. The Morgan fingerprint density at radius 1 is 1.17 bits per heavy atom. The van der Waals surface area contributed by atoms with E-state index < -0.39 is 0 Å². The van der Waals surface area contributed by atoms with Gasteiger partial charge >= 0.3 is 0 Å². The number of hydrogen-bond acceptors (Lipinski definition) is 4. The average Bonchev–Trinajstić information content (AvgIpc) is 3.22. The van der Waals surface area contributed by atoms with E-state index in [0.717, 1.165) is 39.9 Å². The van der Waals surface area contributed by atoms with Crippen molar-refractivity contribution in [2.75, 3.05) is 18.4 Å². The van der Waals surface area contributed by atoms with Crippen molar-refractivity contribution in [3.8, 4) is 0 Å². The predicted molar refractivity (Wildman–Crippen MR) is 116 cm³/mol. The highest BCUT2D eigenvalue weighted by molar-refractivity contribution is 5.94. The summed E-state index contributed by atoms with van der Waals surface area (Å²) in [6, 6.07) is 12.0. The number of pyridine rings is 1. The second-order valence-electron chi connectivity index (χ2n) is 7.57. The van der Waals surface area contributed by atoms with Crippen LogP contribution in [0.3, 0.4) is 0 Å². The first-order chi connectivity index (χ1) is 14.7. The van der Waals surface area contributed by atoms with Gasteiger partial charge in [-0.25, -0.2) is 4.98 Å². The van der Waals surface area contributed by atoms with Gasteiger partial charge in [0.15, 0.2) is 0 Å². The number of amides is 2. The number of para-hydroxylation sites is 1. The molecule has 0 radical (unpaired) electrons. The van der Waals surface area contributed by atoms with E-state index >= 15 is 0 Å². The molecule has 0 fully saturated rings. The average molecular weight is 399 g/mol. The zero-order chi connectivity index (χ0) is 20.5. The number of hydrogen-bond donors (Lipinski definition) is 1. The number of fused-ring (bicyclic) bond motifs is 2. The van der Waals surface area contributed by atoms with Crippen LogP contribution in [0.4, 0.5) is 5.82 Å². The molecule has 0 saturated carbocycles. The first-order valence-electron chi connectivity index (χ1n) is 10.1. The summed E-state index contributed by atoms with van der Waals surface area (Å²) < 4.78 is 5.94. The fraction of sp³-hybridized carbons (Fsp3) is 0.208.